The van der Waals surface area contributed by atoms with E-state index in [0.717, 1.165) is 27.0 Å². The Morgan fingerprint density at radius 3 is 2.52 bits per heavy atom. The highest BCUT2D eigenvalue weighted by Gasteiger charge is 2.30. The summed E-state index contributed by atoms with van der Waals surface area (Å²) in [6.45, 7) is 4.80. The summed E-state index contributed by atoms with van der Waals surface area (Å²) in [5.41, 5.74) is -0.300. The first-order valence-electron chi connectivity index (χ1n) is 6.97. The SMILES string of the molecule is CC(C)Cn1c(=O)n(C2CC2)c(=O)c2c(Br)c(CBr)sc21. The van der Waals surface area contributed by atoms with Crippen LogP contribution in [0.2, 0.25) is 0 Å². The number of hydrogen-bond donors (Lipinski definition) is 0. The number of hydrogen-bond acceptors (Lipinski definition) is 3. The van der Waals surface area contributed by atoms with Crippen molar-refractivity contribution in [3.05, 3.63) is 30.2 Å². The summed E-state index contributed by atoms with van der Waals surface area (Å²) in [7, 11) is 0. The van der Waals surface area contributed by atoms with E-state index in [-0.39, 0.29) is 17.3 Å². The highest BCUT2D eigenvalue weighted by atomic mass is 79.9. The maximum Gasteiger partial charge on any atom is 0.332 e. The molecule has 0 saturated heterocycles. The van der Waals surface area contributed by atoms with Gasteiger partial charge in [0, 0.05) is 27.3 Å². The van der Waals surface area contributed by atoms with Crippen molar-refractivity contribution in [2.24, 2.45) is 5.92 Å². The van der Waals surface area contributed by atoms with E-state index in [1.54, 1.807) is 4.57 Å². The van der Waals surface area contributed by atoms with Crippen LogP contribution in [-0.4, -0.2) is 9.13 Å². The Balaban J connectivity index is 2.42. The third kappa shape index (κ3) is 2.57. The van der Waals surface area contributed by atoms with E-state index in [2.05, 4.69) is 45.7 Å². The van der Waals surface area contributed by atoms with Crippen molar-refractivity contribution in [3.8, 4) is 0 Å². The van der Waals surface area contributed by atoms with Crippen molar-refractivity contribution in [2.45, 2.75) is 44.6 Å². The van der Waals surface area contributed by atoms with Crippen molar-refractivity contribution in [1.82, 2.24) is 9.13 Å². The summed E-state index contributed by atoms with van der Waals surface area (Å²) >= 11 is 8.51. The smallest absolute Gasteiger partial charge is 0.284 e. The molecule has 0 aromatic carbocycles. The van der Waals surface area contributed by atoms with Gasteiger partial charge in [-0.15, -0.1) is 11.3 Å². The van der Waals surface area contributed by atoms with Gasteiger partial charge in [0.1, 0.15) is 4.83 Å². The van der Waals surface area contributed by atoms with E-state index in [1.165, 1.54) is 15.9 Å². The lowest BCUT2D eigenvalue weighted by Gasteiger charge is -2.13. The fourth-order valence-electron chi connectivity index (χ4n) is 2.51. The number of alkyl halides is 1. The molecule has 114 valence electrons. The van der Waals surface area contributed by atoms with Gasteiger partial charge in [-0.05, 0) is 34.7 Å². The van der Waals surface area contributed by atoms with E-state index < -0.39 is 0 Å². The molecule has 0 radical (unpaired) electrons. The van der Waals surface area contributed by atoms with Gasteiger partial charge in [-0.3, -0.25) is 13.9 Å². The molecule has 1 fully saturated rings. The first-order valence-corrected chi connectivity index (χ1v) is 9.71. The predicted molar refractivity (Wildman–Crippen MR) is 93.8 cm³/mol. The van der Waals surface area contributed by atoms with Gasteiger partial charge in [-0.25, -0.2) is 4.79 Å². The van der Waals surface area contributed by atoms with Crippen LogP contribution in [-0.2, 0) is 11.9 Å². The molecule has 1 aliphatic carbocycles. The number of aromatic nitrogens is 2. The van der Waals surface area contributed by atoms with Crippen molar-refractivity contribution < 1.29 is 0 Å². The lowest BCUT2D eigenvalue weighted by Crippen LogP contribution is -2.39. The van der Waals surface area contributed by atoms with Gasteiger partial charge in [0.25, 0.3) is 5.56 Å². The van der Waals surface area contributed by atoms with Gasteiger partial charge >= 0.3 is 5.69 Å². The van der Waals surface area contributed by atoms with Crippen LogP contribution in [0.15, 0.2) is 14.1 Å². The zero-order chi connectivity index (χ0) is 15.3. The van der Waals surface area contributed by atoms with E-state index >= 15 is 0 Å². The summed E-state index contributed by atoms with van der Waals surface area (Å²) in [4.78, 5) is 27.3. The maximum absolute atomic E-state index is 12.7. The highest BCUT2D eigenvalue weighted by molar-refractivity contribution is 9.11. The summed E-state index contributed by atoms with van der Waals surface area (Å²) < 4.78 is 4.07. The van der Waals surface area contributed by atoms with Crippen molar-refractivity contribution >= 4 is 53.4 Å². The Bertz CT molecular complexity index is 815. The molecule has 0 N–H and O–H groups in total. The summed E-state index contributed by atoms with van der Waals surface area (Å²) in [6.07, 6.45) is 1.85. The second-order valence-corrected chi connectivity index (χ2v) is 8.28. The molecule has 1 saturated carbocycles. The minimum absolute atomic E-state index is 0.0898. The third-order valence-electron chi connectivity index (χ3n) is 3.59. The van der Waals surface area contributed by atoms with Gasteiger partial charge < -0.3 is 0 Å². The minimum atomic E-state index is -0.154. The number of rotatable bonds is 4. The minimum Gasteiger partial charge on any atom is -0.284 e. The topological polar surface area (TPSA) is 44.0 Å². The molecule has 21 heavy (non-hydrogen) atoms. The molecule has 7 heteroatoms. The Hall–Kier alpha value is -0.400. The zero-order valence-corrected chi connectivity index (χ0v) is 15.8. The number of fused-ring (bicyclic) bond motifs is 1. The fraction of sp³-hybridized carbons (Fsp3) is 0.571. The molecule has 2 aromatic heterocycles. The Kier molecular flexibility index (Phi) is 4.18. The zero-order valence-electron chi connectivity index (χ0n) is 11.9. The molecule has 3 rings (SSSR count). The first kappa shape index (κ1) is 15.5. The van der Waals surface area contributed by atoms with Gasteiger partial charge in [0.15, 0.2) is 0 Å². The molecule has 0 spiro atoms. The summed E-state index contributed by atoms with van der Waals surface area (Å²) in [5, 5.41) is 1.33. The summed E-state index contributed by atoms with van der Waals surface area (Å²) in [6, 6.07) is 0.0898. The normalized spacial score (nSPS) is 15.3. The molecule has 2 aromatic rings. The Morgan fingerprint density at radius 1 is 1.33 bits per heavy atom. The van der Waals surface area contributed by atoms with Crippen molar-refractivity contribution in [2.75, 3.05) is 0 Å². The standard InChI is InChI=1S/C14H16Br2N2O2S/c1-7(2)6-17-13-10(11(16)9(5-15)21-13)12(19)18(14(17)20)8-3-4-8/h7-8H,3-6H2,1-2H3. The van der Waals surface area contributed by atoms with E-state index in [1.807, 2.05) is 0 Å². The molecule has 0 bridgehead atoms. The van der Waals surface area contributed by atoms with Crippen LogP contribution in [0.1, 0.15) is 37.6 Å². The average molecular weight is 436 g/mol. The largest absolute Gasteiger partial charge is 0.332 e. The van der Waals surface area contributed by atoms with E-state index in [4.69, 9.17) is 0 Å². The molecule has 4 nitrogen and oxygen atoms in total. The van der Waals surface area contributed by atoms with Crippen LogP contribution in [0.4, 0.5) is 0 Å². The van der Waals surface area contributed by atoms with Crippen LogP contribution in [0.25, 0.3) is 10.2 Å². The quantitative estimate of drug-likeness (QED) is 0.684. The fourth-order valence-corrected chi connectivity index (χ4v) is 5.42. The van der Waals surface area contributed by atoms with Crippen LogP contribution in [0, 0.1) is 5.92 Å². The van der Waals surface area contributed by atoms with Crippen LogP contribution in [0.5, 0.6) is 0 Å². The first-order chi connectivity index (χ1) is 9.95. The molecule has 0 amide bonds. The predicted octanol–water partition coefficient (Wildman–Crippen LogP) is 3.87. The van der Waals surface area contributed by atoms with E-state index in [9.17, 15) is 9.59 Å². The number of halogens is 2. The lowest BCUT2D eigenvalue weighted by atomic mass is 10.2. The maximum atomic E-state index is 12.7. The molecule has 0 unspecified atom stereocenters. The number of nitrogens with zero attached hydrogens (tertiary/aromatic N) is 2. The van der Waals surface area contributed by atoms with Crippen molar-refractivity contribution in [3.63, 3.8) is 0 Å². The lowest BCUT2D eigenvalue weighted by molar-refractivity contribution is 0.493. The third-order valence-corrected chi connectivity index (χ3v) is 6.88. The number of thiophene rings is 1. The molecule has 1 aliphatic rings. The van der Waals surface area contributed by atoms with Gasteiger partial charge in [-0.1, -0.05) is 29.8 Å². The summed E-state index contributed by atoms with van der Waals surface area (Å²) in [5.74, 6) is 0.351. The van der Waals surface area contributed by atoms with Gasteiger partial charge in [0.2, 0.25) is 0 Å². The average Bonchev–Trinajstić information content (AvgIpc) is 3.18. The molecule has 0 atom stereocenters. The Morgan fingerprint density at radius 2 is 2.00 bits per heavy atom. The second-order valence-electron chi connectivity index (χ2n) is 5.85. The monoisotopic (exact) mass is 434 g/mol. The second kappa shape index (κ2) is 5.66. The highest BCUT2D eigenvalue weighted by Crippen LogP contribution is 2.37. The van der Waals surface area contributed by atoms with Gasteiger partial charge in [-0.2, -0.15) is 0 Å². The van der Waals surface area contributed by atoms with Crippen LogP contribution < -0.4 is 11.2 Å². The van der Waals surface area contributed by atoms with Gasteiger partial charge in [0.05, 0.1) is 5.39 Å². The molecular formula is C14H16Br2N2O2S. The molecule has 0 aliphatic heterocycles. The van der Waals surface area contributed by atoms with Crippen LogP contribution >= 0.6 is 43.2 Å². The molecular weight excluding hydrogens is 420 g/mol. The Labute approximate surface area is 143 Å². The van der Waals surface area contributed by atoms with Crippen LogP contribution in [0.3, 0.4) is 0 Å². The molecule has 2 heterocycles. The van der Waals surface area contributed by atoms with Crippen molar-refractivity contribution in [1.29, 1.82) is 0 Å². The van der Waals surface area contributed by atoms with E-state index in [0.29, 0.717) is 23.2 Å².